The zero-order valence-corrected chi connectivity index (χ0v) is 19.6. The molecule has 0 saturated carbocycles. The molecule has 1 aromatic carbocycles. The van der Waals surface area contributed by atoms with E-state index < -0.39 is 0 Å². The molecule has 0 amide bonds. The highest BCUT2D eigenvalue weighted by atomic mass is 127. The van der Waals surface area contributed by atoms with E-state index in [1.54, 1.807) is 7.11 Å². The van der Waals surface area contributed by atoms with E-state index in [2.05, 4.69) is 53.8 Å². The Labute approximate surface area is 186 Å². The summed E-state index contributed by atoms with van der Waals surface area (Å²) in [5.74, 6) is 1.76. The molecule has 2 rings (SSSR count). The summed E-state index contributed by atoms with van der Waals surface area (Å²) in [6, 6.07) is 8.63. The third-order valence-electron chi connectivity index (χ3n) is 4.43. The molecule has 0 radical (unpaired) electrons. The molecule has 0 aromatic heterocycles. The van der Waals surface area contributed by atoms with E-state index in [1.165, 1.54) is 0 Å². The van der Waals surface area contributed by atoms with Crippen molar-refractivity contribution >= 4 is 29.9 Å². The Morgan fingerprint density at radius 2 is 1.96 bits per heavy atom. The summed E-state index contributed by atoms with van der Waals surface area (Å²) in [6.07, 6.45) is 6.56. The minimum Gasteiger partial charge on any atom is -0.492 e. The number of hydrogen-bond donors (Lipinski definition) is 2. The van der Waals surface area contributed by atoms with Crippen LogP contribution in [0.4, 0.5) is 0 Å². The van der Waals surface area contributed by atoms with E-state index in [1.807, 2.05) is 12.1 Å². The van der Waals surface area contributed by atoms with E-state index in [0.717, 1.165) is 56.4 Å². The molecule has 1 aliphatic carbocycles. The fourth-order valence-electron chi connectivity index (χ4n) is 2.83. The average molecular weight is 502 g/mol. The largest absolute Gasteiger partial charge is 0.492 e. The van der Waals surface area contributed by atoms with E-state index in [9.17, 15) is 0 Å². The lowest BCUT2D eigenvalue weighted by Gasteiger charge is -2.17. The minimum atomic E-state index is 0. The maximum absolute atomic E-state index is 5.89. The number of nitrogens with zero attached hydrogens (tertiary/aromatic N) is 2. The summed E-state index contributed by atoms with van der Waals surface area (Å²) in [7, 11) is 3.79. The molecule has 28 heavy (non-hydrogen) atoms. The van der Waals surface area contributed by atoms with Crippen LogP contribution in [0.15, 0.2) is 41.4 Å². The number of aliphatic imine (C=N–C) groups is 1. The average Bonchev–Trinajstić information content (AvgIpc) is 3.18. The number of halogens is 1. The molecule has 1 aliphatic rings. The number of rotatable bonds is 11. The minimum absolute atomic E-state index is 0. The molecule has 0 unspecified atom stereocenters. The first-order valence-corrected chi connectivity index (χ1v) is 9.80. The van der Waals surface area contributed by atoms with Crippen molar-refractivity contribution in [3.8, 4) is 5.75 Å². The predicted molar refractivity (Wildman–Crippen MR) is 127 cm³/mol. The van der Waals surface area contributed by atoms with Crippen molar-refractivity contribution < 1.29 is 9.47 Å². The smallest absolute Gasteiger partial charge is 0.191 e. The van der Waals surface area contributed by atoms with Crippen LogP contribution in [-0.2, 0) is 11.3 Å². The van der Waals surface area contributed by atoms with Crippen molar-refractivity contribution in [2.45, 2.75) is 32.4 Å². The highest BCUT2D eigenvalue weighted by molar-refractivity contribution is 14.0. The number of guanidine groups is 1. The first-order chi connectivity index (χ1) is 13.2. The molecule has 0 heterocycles. The zero-order chi connectivity index (χ0) is 19.3. The Bertz CT molecular complexity index is 602. The second kappa shape index (κ2) is 14.6. The predicted octanol–water partition coefficient (Wildman–Crippen LogP) is 3.04. The molecule has 1 aromatic rings. The molecule has 7 heteroatoms. The summed E-state index contributed by atoms with van der Waals surface area (Å²) < 4.78 is 11.0. The van der Waals surface area contributed by atoms with Gasteiger partial charge >= 0.3 is 0 Å². The van der Waals surface area contributed by atoms with Crippen molar-refractivity contribution in [2.24, 2.45) is 4.99 Å². The van der Waals surface area contributed by atoms with E-state index in [0.29, 0.717) is 19.2 Å². The maximum atomic E-state index is 5.89. The Hall–Kier alpha value is -1.32. The molecule has 0 atom stereocenters. The summed E-state index contributed by atoms with van der Waals surface area (Å²) in [4.78, 5) is 6.92. The first-order valence-electron chi connectivity index (χ1n) is 9.80. The Morgan fingerprint density at radius 3 is 2.68 bits per heavy atom. The van der Waals surface area contributed by atoms with Crippen molar-refractivity contribution in [1.29, 1.82) is 0 Å². The van der Waals surface area contributed by atoms with Crippen LogP contribution in [0.3, 0.4) is 0 Å². The molecule has 158 valence electrons. The van der Waals surface area contributed by atoms with Gasteiger partial charge in [0.05, 0.1) is 13.2 Å². The van der Waals surface area contributed by atoms with Crippen LogP contribution in [-0.4, -0.2) is 63.9 Å². The lowest BCUT2D eigenvalue weighted by Crippen LogP contribution is -2.42. The highest BCUT2D eigenvalue weighted by Crippen LogP contribution is 2.14. The summed E-state index contributed by atoms with van der Waals surface area (Å²) in [5, 5.41) is 6.82. The third-order valence-corrected chi connectivity index (χ3v) is 4.43. The lowest BCUT2D eigenvalue weighted by atomic mass is 10.2. The van der Waals surface area contributed by atoms with Crippen LogP contribution >= 0.6 is 24.0 Å². The molecule has 6 nitrogen and oxygen atoms in total. The van der Waals surface area contributed by atoms with E-state index in [4.69, 9.17) is 14.5 Å². The van der Waals surface area contributed by atoms with Gasteiger partial charge in [-0.1, -0.05) is 24.3 Å². The van der Waals surface area contributed by atoms with Gasteiger partial charge in [-0.25, -0.2) is 4.99 Å². The Kier molecular flexibility index (Phi) is 12.9. The van der Waals surface area contributed by atoms with Gasteiger partial charge in [0.1, 0.15) is 12.4 Å². The first kappa shape index (κ1) is 24.7. The van der Waals surface area contributed by atoms with Crippen LogP contribution in [0.5, 0.6) is 5.75 Å². The molecule has 0 fully saturated rings. The van der Waals surface area contributed by atoms with Crippen molar-refractivity contribution in [3.63, 3.8) is 0 Å². The van der Waals surface area contributed by atoms with Gasteiger partial charge in [0.2, 0.25) is 0 Å². The monoisotopic (exact) mass is 502 g/mol. The highest BCUT2D eigenvalue weighted by Gasteiger charge is 2.11. The third kappa shape index (κ3) is 9.75. The molecule has 2 N–H and O–H groups in total. The number of methoxy groups -OCH3 is 1. The van der Waals surface area contributed by atoms with E-state index in [-0.39, 0.29) is 24.0 Å². The fourth-order valence-corrected chi connectivity index (χ4v) is 2.83. The maximum Gasteiger partial charge on any atom is 0.191 e. The fraction of sp³-hybridized carbons (Fsp3) is 0.571. The molecule has 0 spiro atoms. The van der Waals surface area contributed by atoms with Crippen LogP contribution in [0.25, 0.3) is 0 Å². The second-order valence-corrected chi connectivity index (χ2v) is 6.77. The van der Waals surface area contributed by atoms with Gasteiger partial charge in [-0.2, -0.15) is 0 Å². The van der Waals surface area contributed by atoms with Gasteiger partial charge in [-0.15, -0.1) is 24.0 Å². The molecule has 0 saturated heterocycles. The van der Waals surface area contributed by atoms with Crippen LogP contribution < -0.4 is 15.4 Å². The number of ether oxygens (including phenoxy) is 2. The summed E-state index contributed by atoms with van der Waals surface area (Å²) >= 11 is 0. The molecule has 0 bridgehead atoms. The van der Waals surface area contributed by atoms with E-state index >= 15 is 0 Å². The van der Waals surface area contributed by atoms with Gasteiger partial charge in [0, 0.05) is 32.8 Å². The Morgan fingerprint density at radius 1 is 1.21 bits per heavy atom. The Balaban J connectivity index is 0.00000392. The van der Waals surface area contributed by atoms with Gasteiger partial charge in [0.15, 0.2) is 5.96 Å². The normalized spacial score (nSPS) is 14.2. The summed E-state index contributed by atoms with van der Waals surface area (Å²) in [6.45, 7) is 6.74. The summed E-state index contributed by atoms with van der Waals surface area (Å²) in [5.41, 5.74) is 1.14. The second-order valence-electron chi connectivity index (χ2n) is 6.77. The SMILES string of the molecule is CCNC(=NCc1cccc(OCCN(C)CCOC)c1)NC1CC=CC1.I. The standard InChI is InChI=1S/C21H34N4O2.HI/c1-4-22-21(24-19-9-5-6-10-19)23-17-18-8-7-11-20(16-18)27-15-13-25(2)12-14-26-3;/h5-8,11,16,19H,4,9-10,12-15,17H2,1-3H3,(H2,22,23,24);1H. The molecular weight excluding hydrogens is 467 g/mol. The van der Waals surface area contributed by atoms with Crippen molar-refractivity contribution in [1.82, 2.24) is 15.5 Å². The van der Waals surface area contributed by atoms with Crippen molar-refractivity contribution in [2.75, 3.05) is 47.0 Å². The topological polar surface area (TPSA) is 58.1 Å². The lowest BCUT2D eigenvalue weighted by molar-refractivity contribution is 0.150. The number of hydrogen-bond acceptors (Lipinski definition) is 4. The van der Waals surface area contributed by atoms with Crippen LogP contribution in [0.2, 0.25) is 0 Å². The van der Waals surface area contributed by atoms with Gasteiger partial charge < -0.3 is 25.0 Å². The quantitative estimate of drug-likeness (QED) is 0.211. The molecular formula is C21H35IN4O2. The number of nitrogens with one attached hydrogen (secondary N) is 2. The van der Waals surface area contributed by atoms with Gasteiger partial charge in [-0.3, -0.25) is 0 Å². The van der Waals surface area contributed by atoms with Crippen molar-refractivity contribution in [3.05, 3.63) is 42.0 Å². The van der Waals surface area contributed by atoms with Crippen LogP contribution in [0.1, 0.15) is 25.3 Å². The van der Waals surface area contributed by atoms with Gasteiger partial charge in [0.25, 0.3) is 0 Å². The number of likely N-dealkylation sites (N-methyl/N-ethyl adjacent to an activating group) is 1. The van der Waals surface area contributed by atoms with Crippen LogP contribution in [0, 0.1) is 0 Å². The number of benzene rings is 1. The van der Waals surface area contributed by atoms with Gasteiger partial charge in [-0.05, 0) is 44.5 Å². The molecule has 0 aliphatic heterocycles. The zero-order valence-electron chi connectivity index (χ0n) is 17.3.